The van der Waals surface area contributed by atoms with E-state index in [9.17, 15) is 4.39 Å². The maximum Gasteiger partial charge on any atom is 0.143 e. The molecule has 0 atom stereocenters. The summed E-state index contributed by atoms with van der Waals surface area (Å²) in [6.45, 7) is 0. The molecule has 0 unspecified atom stereocenters. The van der Waals surface area contributed by atoms with Crippen molar-refractivity contribution in [1.82, 2.24) is 4.98 Å². The number of hydrogen-bond acceptors (Lipinski definition) is 2. The van der Waals surface area contributed by atoms with E-state index in [0.29, 0.717) is 6.04 Å². The maximum atomic E-state index is 13.2. The number of nitrogens with one attached hydrogen (secondary N) is 1. The van der Waals surface area contributed by atoms with Crippen LogP contribution in [-0.4, -0.2) is 11.0 Å². The number of aromatic nitrogens is 1. The normalized spacial score (nSPS) is 41.1. The highest BCUT2D eigenvalue weighted by molar-refractivity contribution is 5.42. The molecule has 2 nitrogen and oxygen atoms in total. The third-order valence-electron chi connectivity index (χ3n) is 5.26. The van der Waals surface area contributed by atoms with Crippen LogP contribution in [0.5, 0.6) is 0 Å². The summed E-state index contributed by atoms with van der Waals surface area (Å²) in [6, 6.07) is 2.12. The van der Waals surface area contributed by atoms with E-state index < -0.39 is 0 Å². The Morgan fingerprint density at radius 1 is 1.00 bits per heavy atom. The van der Waals surface area contributed by atoms with Crippen LogP contribution in [0.2, 0.25) is 0 Å². The summed E-state index contributed by atoms with van der Waals surface area (Å²) < 4.78 is 13.2. The largest absolute Gasteiger partial charge is 0.380 e. The average Bonchev–Trinajstić information content (AvgIpc) is 2.33. The molecule has 1 N–H and O–H groups in total. The van der Waals surface area contributed by atoms with Crippen LogP contribution in [-0.2, 0) is 0 Å². The Morgan fingerprint density at radius 2 is 1.67 bits per heavy atom. The lowest BCUT2D eigenvalue weighted by atomic mass is 9.54. The highest BCUT2D eigenvalue weighted by atomic mass is 19.1. The summed E-state index contributed by atoms with van der Waals surface area (Å²) in [7, 11) is 0. The van der Waals surface area contributed by atoms with Crippen molar-refractivity contribution in [2.45, 2.75) is 38.1 Å². The molecule has 4 aliphatic carbocycles. The van der Waals surface area contributed by atoms with Crippen molar-refractivity contribution in [3.63, 3.8) is 0 Å². The monoisotopic (exact) mass is 246 g/mol. The predicted molar refractivity (Wildman–Crippen MR) is 68.7 cm³/mol. The molecule has 18 heavy (non-hydrogen) atoms. The van der Waals surface area contributed by atoms with Crippen LogP contribution in [0.3, 0.4) is 0 Å². The van der Waals surface area contributed by atoms with Gasteiger partial charge in [0, 0.05) is 12.1 Å². The van der Waals surface area contributed by atoms with E-state index in [2.05, 4.69) is 10.3 Å². The molecule has 0 radical (unpaired) electrons. The van der Waals surface area contributed by atoms with Gasteiger partial charge in [0.1, 0.15) is 5.82 Å². The third-order valence-corrected chi connectivity index (χ3v) is 5.26. The van der Waals surface area contributed by atoms with Crippen LogP contribution >= 0.6 is 0 Å². The van der Waals surface area contributed by atoms with Gasteiger partial charge in [0.15, 0.2) is 0 Å². The molecule has 1 heterocycles. The van der Waals surface area contributed by atoms with Gasteiger partial charge < -0.3 is 5.32 Å². The van der Waals surface area contributed by atoms with Crippen LogP contribution in [0.4, 0.5) is 10.1 Å². The topological polar surface area (TPSA) is 24.9 Å². The molecule has 0 amide bonds. The summed E-state index contributed by atoms with van der Waals surface area (Å²) in [6.07, 6.45) is 10.0. The molecule has 0 spiro atoms. The first-order valence-electron chi connectivity index (χ1n) is 7.15. The standard InChI is InChI=1S/C15H19FN2/c16-13-6-14(8-17-7-13)18-15-11-2-9-1-10(4-11)5-12(15)3-9/h6-12,15,18H,1-5H2. The Balaban J connectivity index is 1.55. The van der Waals surface area contributed by atoms with Crippen molar-refractivity contribution in [3.05, 3.63) is 24.3 Å². The molecule has 4 fully saturated rings. The smallest absolute Gasteiger partial charge is 0.143 e. The molecule has 0 saturated heterocycles. The number of nitrogens with zero attached hydrogens (tertiary/aromatic N) is 1. The maximum absolute atomic E-state index is 13.2. The van der Waals surface area contributed by atoms with E-state index in [1.807, 2.05) is 0 Å². The zero-order valence-electron chi connectivity index (χ0n) is 10.5. The first-order valence-corrected chi connectivity index (χ1v) is 7.15. The third kappa shape index (κ3) is 1.72. The molecule has 4 saturated carbocycles. The molecule has 1 aromatic rings. The second kappa shape index (κ2) is 3.94. The van der Waals surface area contributed by atoms with Crippen LogP contribution in [0.15, 0.2) is 18.5 Å². The fourth-order valence-corrected chi connectivity index (χ4v) is 4.84. The molecule has 4 bridgehead atoms. The van der Waals surface area contributed by atoms with Crippen LogP contribution in [0, 0.1) is 29.5 Å². The van der Waals surface area contributed by atoms with Crippen molar-refractivity contribution in [3.8, 4) is 0 Å². The van der Waals surface area contributed by atoms with E-state index >= 15 is 0 Å². The second-order valence-electron chi connectivity index (χ2n) is 6.49. The first kappa shape index (κ1) is 10.8. The Kier molecular flexibility index (Phi) is 2.36. The number of anilines is 1. The lowest BCUT2D eigenvalue weighted by Gasteiger charge is -2.54. The molecule has 1 aromatic heterocycles. The fraction of sp³-hybridized carbons (Fsp3) is 0.667. The molecule has 0 aliphatic heterocycles. The van der Waals surface area contributed by atoms with E-state index in [0.717, 1.165) is 29.4 Å². The van der Waals surface area contributed by atoms with Crippen molar-refractivity contribution < 1.29 is 4.39 Å². The highest BCUT2D eigenvalue weighted by Gasteiger charge is 2.48. The SMILES string of the molecule is Fc1cncc(NC2C3CC4CC(C3)CC2C4)c1. The van der Waals surface area contributed by atoms with Crippen molar-refractivity contribution >= 4 is 5.69 Å². The van der Waals surface area contributed by atoms with Gasteiger partial charge in [0.05, 0.1) is 18.1 Å². The van der Waals surface area contributed by atoms with Gasteiger partial charge in [-0.25, -0.2) is 4.39 Å². The minimum atomic E-state index is -0.246. The zero-order chi connectivity index (χ0) is 12.1. The number of halogens is 1. The molecular formula is C15H19FN2. The first-order chi connectivity index (χ1) is 8.78. The highest BCUT2D eigenvalue weighted by Crippen LogP contribution is 2.54. The van der Waals surface area contributed by atoms with Crippen LogP contribution < -0.4 is 5.32 Å². The average molecular weight is 246 g/mol. The van der Waals surface area contributed by atoms with Gasteiger partial charge in [-0.3, -0.25) is 4.98 Å². The van der Waals surface area contributed by atoms with Gasteiger partial charge >= 0.3 is 0 Å². The lowest BCUT2D eigenvalue weighted by molar-refractivity contribution is 0.00752. The summed E-state index contributed by atoms with van der Waals surface area (Å²) in [5.41, 5.74) is 0.854. The van der Waals surface area contributed by atoms with Crippen LogP contribution in [0.1, 0.15) is 32.1 Å². The number of rotatable bonds is 2. The summed E-state index contributed by atoms with van der Waals surface area (Å²) in [5, 5.41) is 3.56. The van der Waals surface area contributed by atoms with Gasteiger partial charge in [-0.2, -0.15) is 0 Å². The Hall–Kier alpha value is -1.12. The molecule has 4 aliphatic rings. The molecule has 0 aromatic carbocycles. The van der Waals surface area contributed by atoms with Crippen molar-refractivity contribution in [2.75, 3.05) is 5.32 Å². The lowest BCUT2D eigenvalue weighted by Crippen LogP contribution is -2.51. The van der Waals surface area contributed by atoms with Gasteiger partial charge in [-0.05, 0) is 55.8 Å². The van der Waals surface area contributed by atoms with Gasteiger partial charge in [-0.1, -0.05) is 0 Å². The summed E-state index contributed by atoms with van der Waals surface area (Å²) in [5.74, 6) is 3.34. The zero-order valence-corrected chi connectivity index (χ0v) is 10.5. The van der Waals surface area contributed by atoms with Gasteiger partial charge in [0.2, 0.25) is 0 Å². The molecule has 5 rings (SSSR count). The summed E-state index contributed by atoms with van der Waals surface area (Å²) >= 11 is 0. The Bertz CT molecular complexity index is 432. The quantitative estimate of drug-likeness (QED) is 0.864. The Labute approximate surface area is 107 Å². The van der Waals surface area contributed by atoms with Crippen molar-refractivity contribution in [1.29, 1.82) is 0 Å². The van der Waals surface area contributed by atoms with Gasteiger partial charge in [0.25, 0.3) is 0 Å². The van der Waals surface area contributed by atoms with E-state index in [1.165, 1.54) is 38.3 Å². The minimum Gasteiger partial charge on any atom is -0.380 e. The predicted octanol–water partition coefficient (Wildman–Crippen LogP) is 3.46. The molecule has 3 heteroatoms. The number of pyridine rings is 1. The second-order valence-corrected chi connectivity index (χ2v) is 6.49. The van der Waals surface area contributed by atoms with E-state index in [1.54, 1.807) is 12.3 Å². The van der Waals surface area contributed by atoms with E-state index in [4.69, 9.17) is 0 Å². The molecular weight excluding hydrogens is 227 g/mol. The fourth-order valence-electron chi connectivity index (χ4n) is 4.84. The minimum absolute atomic E-state index is 0.246. The van der Waals surface area contributed by atoms with Crippen LogP contribution in [0.25, 0.3) is 0 Å². The number of hydrogen-bond donors (Lipinski definition) is 1. The van der Waals surface area contributed by atoms with E-state index in [-0.39, 0.29) is 5.82 Å². The summed E-state index contributed by atoms with van der Waals surface area (Å²) in [4.78, 5) is 3.93. The molecule has 96 valence electrons. The van der Waals surface area contributed by atoms with Crippen molar-refractivity contribution in [2.24, 2.45) is 23.7 Å². The Morgan fingerprint density at radius 3 is 2.28 bits per heavy atom. The van der Waals surface area contributed by atoms with Gasteiger partial charge in [-0.15, -0.1) is 0 Å².